The summed E-state index contributed by atoms with van der Waals surface area (Å²) in [4.78, 5) is 18.5. The van der Waals surface area contributed by atoms with Crippen molar-refractivity contribution >= 4 is 5.69 Å². The van der Waals surface area contributed by atoms with Crippen LogP contribution in [0, 0.1) is 0 Å². The maximum absolute atomic E-state index is 5.20. The summed E-state index contributed by atoms with van der Waals surface area (Å²) in [7, 11) is 1.76. The van der Waals surface area contributed by atoms with Gasteiger partial charge in [-0.3, -0.25) is 15.0 Å². The van der Waals surface area contributed by atoms with Gasteiger partial charge in [0, 0.05) is 81.7 Å². The Morgan fingerprint density at radius 3 is 2.59 bits per heavy atom. The van der Waals surface area contributed by atoms with Crippen LogP contribution in [0.25, 0.3) is 22.5 Å². The van der Waals surface area contributed by atoms with Crippen LogP contribution in [0.5, 0.6) is 0 Å². The number of methoxy groups -OCH3 is 1. The third-order valence-electron chi connectivity index (χ3n) is 6.22. The molecule has 0 spiro atoms. The molecule has 1 aliphatic heterocycles. The second kappa shape index (κ2) is 10.5. The van der Waals surface area contributed by atoms with E-state index in [1.165, 1.54) is 11.3 Å². The normalized spacial score (nSPS) is 14.4. The lowest BCUT2D eigenvalue weighted by molar-refractivity contribution is 0.144. The Labute approximate surface area is 199 Å². The molecule has 0 bridgehead atoms. The Hall–Kier alpha value is -3.62. The molecule has 0 radical (unpaired) electrons. The quantitative estimate of drug-likeness (QED) is 0.437. The zero-order valence-electron chi connectivity index (χ0n) is 19.4. The van der Waals surface area contributed by atoms with Gasteiger partial charge in [0.15, 0.2) is 0 Å². The van der Waals surface area contributed by atoms with Crippen LogP contribution in [-0.4, -0.2) is 76.5 Å². The van der Waals surface area contributed by atoms with E-state index in [-0.39, 0.29) is 0 Å². The average molecular weight is 456 g/mol. The third kappa shape index (κ3) is 5.13. The van der Waals surface area contributed by atoms with Crippen LogP contribution in [0.2, 0.25) is 0 Å². The lowest BCUT2D eigenvalue weighted by Crippen LogP contribution is -2.47. The fourth-order valence-electron chi connectivity index (χ4n) is 4.30. The monoisotopic (exact) mass is 455 g/mol. The lowest BCUT2D eigenvalue weighted by atomic mass is 10.1. The molecule has 8 heteroatoms. The van der Waals surface area contributed by atoms with Crippen molar-refractivity contribution in [1.29, 1.82) is 0 Å². The van der Waals surface area contributed by atoms with E-state index >= 15 is 0 Å². The highest BCUT2D eigenvalue weighted by molar-refractivity contribution is 5.77. The van der Waals surface area contributed by atoms with Crippen molar-refractivity contribution in [3.8, 4) is 22.5 Å². The van der Waals surface area contributed by atoms with Crippen molar-refractivity contribution in [3.05, 3.63) is 78.6 Å². The van der Waals surface area contributed by atoms with Crippen LogP contribution < -0.4 is 4.90 Å². The van der Waals surface area contributed by atoms with Gasteiger partial charge >= 0.3 is 0 Å². The first kappa shape index (κ1) is 22.2. The number of aromatic nitrogens is 5. The number of rotatable bonds is 8. The molecule has 0 saturated carbocycles. The number of ether oxygens (including phenoxy) is 1. The van der Waals surface area contributed by atoms with Gasteiger partial charge in [0.2, 0.25) is 0 Å². The summed E-state index contributed by atoms with van der Waals surface area (Å²) in [6.45, 7) is 6.02. The number of aromatic amines is 1. The number of benzene rings is 1. The van der Waals surface area contributed by atoms with Crippen LogP contribution in [-0.2, 0) is 11.2 Å². The fraction of sp³-hybridized carbons (Fsp3) is 0.308. The van der Waals surface area contributed by atoms with Gasteiger partial charge in [0.25, 0.3) is 0 Å². The summed E-state index contributed by atoms with van der Waals surface area (Å²) in [6, 6.07) is 14.6. The van der Waals surface area contributed by atoms with Crippen LogP contribution >= 0.6 is 0 Å². The molecule has 0 amide bonds. The van der Waals surface area contributed by atoms with E-state index in [2.05, 4.69) is 54.2 Å². The molecule has 174 valence electrons. The van der Waals surface area contributed by atoms with Gasteiger partial charge < -0.3 is 9.64 Å². The molecule has 1 N–H and O–H groups in total. The van der Waals surface area contributed by atoms with E-state index in [1.54, 1.807) is 19.5 Å². The molecule has 0 unspecified atom stereocenters. The second-order valence-corrected chi connectivity index (χ2v) is 8.42. The SMILES string of the molecule is COCCN1CCN(c2ccc(Cc3nccc(-c4cn[nH]c4-c4cccnc4)n3)cc2)CC1. The Balaban J connectivity index is 1.25. The predicted octanol–water partition coefficient (Wildman–Crippen LogP) is 3.29. The summed E-state index contributed by atoms with van der Waals surface area (Å²) < 4.78 is 5.20. The standard InChI is InChI=1S/C26H29N7O/c1-34-16-15-32-11-13-33(14-12-32)22-6-4-20(5-7-22)17-25-28-10-8-24(30-25)23-19-29-31-26(23)21-3-2-9-27-18-21/h2-10,18-19H,11-17H2,1H3,(H,29,31). The highest BCUT2D eigenvalue weighted by Gasteiger charge is 2.17. The topological polar surface area (TPSA) is 83.1 Å². The molecule has 4 aromatic rings. The molecule has 4 heterocycles. The van der Waals surface area contributed by atoms with Gasteiger partial charge in [0.1, 0.15) is 5.82 Å². The molecule has 1 fully saturated rings. The summed E-state index contributed by atoms with van der Waals surface area (Å²) in [5.74, 6) is 0.787. The largest absolute Gasteiger partial charge is 0.383 e. The third-order valence-corrected chi connectivity index (χ3v) is 6.22. The zero-order chi connectivity index (χ0) is 23.2. The first-order valence-corrected chi connectivity index (χ1v) is 11.6. The Morgan fingerprint density at radius 2 is 1.82 bits per heavy atom. The maximum atomic E-state index is 5.20. The van der Waals surface area contributed by atoms with Crippen LogP contribution in [0.4, 0.5) is 5.69 Å². The minimum atomic E-state index is 0.680. The highest BCUT2D eigenvalue weighted by Crippen LogP contribution is 2.28. The van der Waals surface area contributed by atoms with Crippen molar-refractivity contribution in [2.75, 3.05) is 51.3 Å². The molecule has 34 heavy (non-hydrogen) atoms. The average Bonchev–Trinajstić information content (AvgIpc) is 3.39. The lowest BCUT2D eigenvalue weighted by Gasteiger charge is -2.36. The van der Waals surface area contributed by atoms with Gasteiger partial charge in [-0.25, -0.2) is 9.97 Å². The van der Waals surface area contributed by atoms with E-state index in [9.17, 15) is 0 Å². The molecule has 1 saturated heterocycles. The molecule has 8 nitrogen and oxygen atoms in total. The van der Waals surface area contributed by atoms with Crippen molar-refractivity contribution in [1.82, 2.24) is 30.0 Å². The van der Waals surface area contributed by atoms with Crippen molar-refractivity contribution in [2.45, 2.75) is 6.42 Å². The van der Waals surface area contributed by atoms with Gasteiger partial charge in [0.05, 0.1) is 24.2 Å². The summed E-state index contributed by atoms with van der Waals surface area (Å²) >= 11 is 0. The van der Waals surface area contributed by atoms with Gasteiger partial charge in [-0.15, -0.1) is 0 Å². The van der Waals surface area contributed by atoms with E-state index in [4.69, 9.17) is 9.72 Å². The van der Waals surface area contributed by atoms with Crippen molar-refractivity contribution in [2.24, 2.45) is 0 Å². The number of piperazine rings is 1. The van der Waals surface area contributed by atoms with E-state index in [0.717, 1.165) is 67.7 Å². The van der Waals surface area contributed by atoms with Crippen molar-refractivity contribution < 1.29 is 4.74 Å². The van der Waals surface area contributed by atoms with Gasteiger partial charge in [-0.1, -0.05) is 12.1 Å². The summed E-state index contributed by atoms with van der Waals surface area (Å²) in [6.07, 6.45) is 7.88. The van der Waals surface area contributed by atoms with E-state index in [1.807, 2.05) is 30.6 Å². The van der Waals surface area contributed by atoms with Crippen LogP contribution in [0.15, 0.2) is 67.3 Å². The highest BCUT2D eigenvalue weighted by atomic mass is 16.5. The van der Waals surface area contributed by atoms with Crippen LogP contribution in [0.3, 0.4) is 0 Å². The molecule has 1 aromatic carbocycles. The Bertz CT molecular complexity index is 1190. The second-order valence-electron chi connectivity index (χ2n) is 8.42. The number of hydrogen-bond donors (Lipinski definition) is 1. The molecule has 3 aromatic heterocycles. The smallest absolute Gasteiger partial charge is 0.133 e. The van der Waals surface area contributed by atoms with E-state index < -0.39 is 0 Å². The number of hydrogen-bond acceptors (Lipinski definition) is 7. The number of nitrogens with one attached hydrogen (secondary N) is 1. The first-order valence-electron chi connectivity index (χ1n) is 11.6. The minimum Gasteiger partial charge on any atom is -0.383 e. The van der Waals surface area contributed by atoms with Gasteiger partial charge in [-0.05, 0) is 35.9 Å². The summed E-state index contributed by atoms with van der Waals surface area (Å²) in [5.41, 5.74) is 6.13. The Kier molecular flexibility index (Phi) is 6.88. The summed E-state index contributed by atoms with van der Waals surface area (Å²) in [5, 5.41) is 7.31. The minimum absolute atomic E-state index is 0.680. The Morgan fingerprint density at radius 1 is 0.971 bits per heavy atom. The molecular weight excluding hydrogens is 426 g/mol. The van der Waals surface area contributed by atoms with Crippen molar-refractivity contribution in [3.63, 3.8) is 0 Å². The molecule has 0 aliphatic carbocycles. The number of anilines is 1. The number of H-pyrrole nitrogens is 1. The van der Waals surface area contributed by atoms with Gasteiger partial charge in [-0.2, -0.15) is 5.10 Å². The van der Waals surface area contributed by atoms with Crippen LogP contribution in [0.1, 0.15) is 11.4 Å². The van der Waals surface area contributed by atoms with E-state index in [0.29, 0.717) is 6.42 Å². The fourth-order valence-corrected chi connectivity index (χ4v) is 4.30. The molecular formula is C26H29N7O. The molecule has 1 aliphatic rings. The first-order chi connectivity index (χ1) is 16.8. The zero-order valence-corrected chi connectivity index (χ0v) is 19.4. The molecule has 5 rings (SSSR count). The number of nitrogens with zero attached hydrogens (tertiary/aromatic N) is 6. The molecule has 0 atom stereocenters. The maximum Gasteiger partial charge on any atom is 0.133 e. The predicted molar refractivity (Wildman–Crippen MR) is 133 cm³/mol. The number of pyridine rings is 1.